The Morgan fingerprint density at radius 3 is 2.63 bits per heavy atom. The van der Waals surface area contributed by atoms with Crippen molar-refractivity contribution in [3.05, 3.63) is 54.2 Å². The van der Waals surface area contributed by atoms with E-state index in [9.17, 15) is 10.1 Å². The number of fused-ring (bicyclic) bond motifs is 1. The van der Waals surface area contributed by atoms with E-state index in [4.69, 9.17) is 4.74 Å². The molecule has 0 spiro atoms. The molecule has 0 radical (unpaired) electrons. The van der Waals surface area contributed by atoms with E-state index in [1.54, 1.807) is 11.1 Å². The predicted octanol–water partition coefficient (Wildman–Crippen LogP) is 4.94. The lowest BCUT2D eigenvalue weighted by atomic mass is 10.0. The largest absolute Gasteiger partial charge is 0.447 e. The van der Waals surface area contributed by atoms with Crippen LogP contribution in [0.25, 0.3) is 22.0 Å². The van der Waals surface area contributed by atoms with Crippen molar-refractivity contribution in [3.8, 4) is 17.2 Å². The van der Waals surface area contributed by atoms with Gasteiger partial charge < -0.3 is 10.1 Å². The van der Waals surface area contributed by atoms with Crippen LogP contribution in [0.3, 0.4) is 0 Å². The number of amides is 1. The summed E-state index contributed by atoms with van der Waals surface area (Å²) >= 11 is 0. The highest BCUT2D eigenvalue weighted by Gasteiger charge is 2.28. The minimum Gasteiger partial charge on any atom is -0.447 e. The Balaban J connectivity index is 1.47. The summed E-state index contributed by atoms with van der Waals surface area (Å²) < 4.78 is 5.01. The lowest BCUT2D eigenvalue weighted by Crippen LogP contribution is -2.23. The molecule has 3 aromatic rings. The third-order valence-electron chi connectivity index (χ3n) is 5.96. The molecule has 5 rings (SSSR count). The van der Waals surface area contributed by atoms with Gasteiger partial charge in [-0.2, -0.15) is 5.26 Å². The summed E-state index contributed by atoms with van der Waals surface area (Å²) in [7, 11) is 0. The van der Waals surface area contributed by atoms with Gasteiger partial charge >= 0.3 is 6.09 Å². The number of pyridine rings is 1. The van der Waals surface area contributed by atoms with Crippen molar-refractivity contribution < 1.29 is 9.53 Å². The van der Waals surface area contributed by atoms with Crippen molar-refractivity contribution in [1.82, 2.24) is 4.98 Å². The standard InChI is InChI=1S/C24H22N4O2/c1-15(16-2-3-16)27-23-19(13-25)14-26-22-12-18(6-9-21(22)23)17-4-7-20(8-5-17)28-10-11-30-24(28)29/h4-9,12,14-16H,2-3,10-11H2,1H3,(H,26,27)/t15-/m1/s1. The van der Waals surface area contributed by atoms with Gasteiger partial charge in [0.05, 0.1) is 23.3 Å². The molecule has 0 unspecified atom stereocenters. The third-order valence-corrected chi connectivity index (χ3v) is 5.96. The van der Waals surface area contributed by atoms with Crippen LogP contribution in [0.4, 0.5) is 16.2 Å². The van der Waals surface area contributed by atoms with Crippen LogP contribution in [0.1, 0.15) is 25.3 Å². The van der Waals surface area contributed by atoms with Crippen LogP contribution in [0.5, 0.6) is 0 Å². The molecule has 2 aliphatic rings. The number of ether oxygens (including phenoxy) is 1. The van der Waals surface area contributed by atoms with Crippen molar-refractivity contribution in [1.29, 1.82) is 5.26 Å². The van der Waals surface area contributed by atoms with Crippen LogP contribution in [0, 0.1) is 17.2 Å². The van der Waals surface area contributed by atoms with E-state index in [-0.39, 0.29) is 6.09 Å². The fourth-order valence-electron chi connectivity index (χ4n) is 4.02. The SMILES string of the molecule is C[C@@H](Nc1c(C#N)cnc2cc(-c3ccc(N4CCOC4=O)cc3)ccc12)C1CC1. The van der Waals surface area contributed by atoms with Crippen LogP contribution >= 0.6 is 0 Å². The molecule has 2 fully saturated rings. The van der Waals surface area contributed by atoms with Crippen LogP contribution < -0.4 is 10.2 Å². The molecule has 2 aromatic carbocycles. The lowest BCUT2D eigenvalue weighted by Gasteiger charge is -2.18. The minimum absolute atomic E-state index is 0.300. The van der Waals surface area contributed by atoms with Crippen molar-refractivity contribution in [2.45, 2.75) is 25.8 Å². The maximum absolute atomic E-state index is 11.7. The van der Waals surface area contributed by atoms with Gasteiger partial charge in [-0.1, -0.05) is 24.3 Å². The molecule has 0 bridgehead atoms. The van der Waals surface area contributed by atoms with Gasteiger partial charge in [0.1, 0.15) is 12.7 Å². The van der Waals surface area contributed by atoms with E-state index < -0.39 is 0 Å². The van der Waals surface area contributed by atoms with Gasteiger partial charge in [0.25, 0.3) is 0 Å². The Bertz CT molecular complexity index is 1160. The van der Waals surface area contributed by atoms with Crippen LogP contribution in [0.2, 0.25) is 0 Å². The van der Waals surface area contributed by atoms with E-state index in [1.165, 1.54) is 12.8 Å². The number of benzene rings is 2. The second-order valence-electron chi connectivity index (χ2n) is 7.97. The summed E-state index contributed by atoms with van der Waals surface area (Å²) in [5.74, 6) is 0.686. The van der Waals surface area contributed by atoms with E-state index in [2.05, 4.69) is 29.4 Å². The summed E-state index contributed by atoms with van der Waals surface area (Å²) in [6.45, 7) is 3.18. The first-order chi connectivity index (χ1) is 14.6. The number of hydrogen-bond acceptors (Lipinski definition) is 5. The summed E-state index contributed by atoms with van der Waals surface area (Å²) in [5, 5.41) is 14.1. The topological polar surface area (TPSA) is 78.2 Å². The molecule has 6 heteroatoms. The quantitative estimate of drug-likeness (QED) is 0.659. The number of anilines is 2. The van der Waals surface area contributed by atoms with Gasteiger partial charge in [-0.15, -0.1) is 0 Å². The fourth-order valence-corrected chi connectivity index (χ4v) is 4.02. The van der Waals surface area contributed by atoms with Crippen molar-refractivity contribution >= 4 is 28.4 Å². The fraction of sp³-hybridized carbons (Fsp3) is 0.292. The molecule has 1 N–H and O–H groups in total. The zero-order chi connectivity index (χ0) is 20.7. The highest BCUT2D eigenvalue weighted by Crippen LogP contribution is 2.36. The number of carbonyl (C=O) groups is 1. The molecule has 1 saturated carbocycles. The van der Waals surface area contributed by atoms with Crippen LogP contribution in [0.15, 0.2) is 48.7 Å². The molecular weight excluding hydrogens is 376 g/mol. The molecule has 1 aliphatic carbocycles. The van der Waals surface area contributed by atoms with Gasteiger partial charge in [0, 0.05) is 23.3 Å². The zero-order valence-corrected chi connectivity index (χ0v) is 16.8. The Hall–Kier alpha value is -3.59. The highest BCUT2D eigenvalue weighted by molar-refractivity contribution is 5.96. The van der Waals surface area contributed by atoms with E-state index in [0.717, 1.165) is 33.4 Å². The van der Waals surface area contributed by atoms with Gasteiger partial charge in [-0.05, 0) is 55.0 Å². The van der Waals surface area contributed by atoms with Crippen molar-refractivity contribution in [2.75, 3.05) is 23.4 Å². The molecule has 1 saturated heterocycles. The molecular formula is C24H22N4O2. The molecule has 30 heavy (non-hydrogen) atoms. The number of aromatic nitrogens is 1. The molecule has 1 aliphatic heterocycles. The van der Waals surface area contributed by atoms with E-state index in [1.807, 2.05) is 36.4 Å². The summed E-state index contributed by atoms with van der Waals surface area (Å²) in [6.07, 6.45) is 3.84. The summed E-state index contributed by atoms with van der Waals surface area (Å²) in [4.78, 5) is 17.9. The number of rotatable bonds is 5. The van der Waals surface area contributed by atoms with Gasteiger partial charge in [0.15, 0.2) is 0 Å². The second-order valence-corrected chi connectivity index (χ2v) is 7.97. The number of cyclic esters (lactones) is 1. The summed E-state index contributed by atoms with van der Waals surface area (Å²) in [5.41, 5.74) is 5.21. The summed E-state index contributed by atoms with van der Waals surface area (Å²) in [6, 6.07) is 16.6. The highest BCUT2D eigenvalue weighted by atomic mass is 16.6. The van der Waals surface area contributed by atoms with Crippen LogP contribution in [-0.2, 0) is 4.74 Å². The number of hydrogen-bond donors (Lipinski definition) is 1. The first-order valence-electron chi connectivity index (χ1n) is 10.3. The van der Waals surface area contributed by atoms with Gasteiger partial charge in [-0.25, -0.2) is 4.79 Å². The molecule has 6 nitrogen and oxygen atoms in total. The van der Waals surface area contributed by atoms with Crippen molar-refractivity contribution in [3.63, 3.8) is 0 Å². The number of nitrogens with zero attached hydrogens (tertiary/aromatic N) is 3. The Morgan fingerprint density at radius 2 is 1.97 bits per heavy atom. The van der Waals surface area contributed by atoms with Gasteiger partial charge in [0.2, 0.25) is 0 Å². The Morgan fingerprint density at radius 1 is 1.20 bits per heavy atom. The zero-order valence-electron chi connectivity index (χ0n) is 16.8. The van der Waals surface area contributed by atoms with E-state index in [0.29, 0.717) is 30.7 Å². The van der Waals surface area contributed by atoms with E-state index >= 15 is 0 Å². The average molecular weight is 398 g/mol. The molecule has 2 heterocycles. The normalized spacial score (nSPS) is 16.9. The monoisotopic (exact) mass is 398 g/mol. The first kappa shape index (κ1) is 18.4. The average Bonchev–Trinajstić information content (AvgIpc) is 3.55. The van der Waals surface area contributed by atoms with Gasteiger partial charge in [-0.3, -0.25) is 9.88 Å². The molecule has 1 amide bonds. The predicted molar refractivity (Wildman–Crippen MR) is 116 cm³/mol. The Kier molecular flexibility index (Phi) is 4.51. The Labute approximate surface area is 175 Å². The van der Waals surface area contributed by atoms with Crippen molar-refractivity contribution in [2.24, 2.45) is 5.92 Å². The number of nitrogens with one attached hydrogen (secondary N) is 1. The van der Waals surface area contributed by atoms with Crippen LogP contribution in [-0.4, -0.2) is 30.3 Å². The minimum atomic E-state index is -0.300. The molecule has 1 atom stereocenters. The first-order valence-corrected chi connectivity index (χ1v) is 10.3. The maximum Gasteiger partial charge on any atom is 0.414 e. The molecule has 1 aromatic heterocycles. The lowest BCUT2D eigenvalue weighted by molar-refractivity contribution is 0.181. The number of nitriles is 1. The maximum atomic E-state index is 11.7. The third kappa shape index (κ3) is 3.33. The number of carbonyl (C=O) groups excluding carboxylic acids is 1. The smallest absolute Gasteiger partial charge is 0.414 e. The second kappa shape index (κ2) is 7.34. The molecule has 150 valence electrons.